The van der Waals surface area contributed by atoms with Crippen molar-refractivity contribution in [2.24, 2.45) is 17.3 Å². The fourth-order valence-electron chi connectivity index (χ4n) is 2.69. The normalized spacial score (nSPS) is 21.4. The third-order valence-electron chi connectivity index (χ3n) is 4.04. The third kappa shape index (κ3) is 3.99. The van der Waals surface area contributed by atoms with Gasteiger partial charge in [-0.3, -0.25) is 4.79 Å². The van der Waals surface area contributed by atoms with E-state index in [0.29, 0.717) is 12.3 Å². The highest BCUT2D eigenvalue weighted by Crippen LogP contribution is 2.59. The summed E-state index contributed by atoms with van der Waals surface area (Å²) in [5, 5.41) is 2.00. The molecule has 2 rings (SSSR count). The Hall–Kier alpha value is -1.69. The largest absolute Gasteiger partial charge is 0.461 e. The van der Waals surface area contributed by atoms with Gasteiger partial charge in [0.2, 0.25) is 5.01 Å². The van der Waals surface area contributed by atoms with E-state index in [2.05, 4.69) is 24.9 Å². The molecule has 0 radical (unpaired) electrons. The molecule has 0 saturated heterocycles. The number of rotatable bonds is 6. The molecule has 1 aromatic heterocycles. The van der Waals surface area contributed by atoms with Gasteiger partial charge >= 0.3 is 11.9 Å². The number of aromatic nitrogens is 1. The van der Waals surface area contributed by atoms with Gasteiger partial charge in [-0.2, -0.15) is 0 Å². The lowest BCUT2D eigenvalue weighted by Crippen LogP contribution is -2.11. The van der Waals surface area contributed by atoms with Gasteiger partial charge in [-0.05, 0) is 32.1 Å². The Morgan fingerprint density at radius 1 is 1.35 bits per heavy atom. The van der Waals surface area contributed by atoms with E-state index in [0.717, 1.165) is 0 Å². The van der Waals surface area contributed by atoms with E-state index in [9.17, 15) is 9.59 Å². The van der Waals surface area contributed by atoms with Crippen LogP contribution in [0.5, 0.6) is 0 Å². The number of hydrogen-bond acceptors (Lipinski definition) is 6. The van der Waals surface area contributed by atoms with Crippen LogP contribution < -0.4 is 0 Å². The molecule has 1 saturated carbocycles. The Labute approximate surface area is 140 Å². The Morgan fingerprint density at radius 2 is 2.04 bits per heavy atom. The highest BCUT2D eigenvalue weighted by Gasteiger charge is 2.61. The summed E-state index contributed by atoms with van der Waals surface area (Å²) in [7, 11) is 0. The van der Waals surface area contributed by atoms with Gasteiger partial charge in [-0.1, -0.05) is 25.5 Å². The topological polar surface area (TPSA) is 65.5 Å². The molecule has 126 valence electrons. The molecule has 0 N–H and O–H groups in total. The predicted octanol–water partition coefficient (Wildman–Crippen LogP) is 3.60. The van der Waals surface area contributed by atoms with Crippen LogP contribution in [0.1, 0.15) is 50.1 Å². The Kier molecular flexibility index (Phi) is 5.24. The zero-order valence-electron chi connectivity index (χ0n) is 14.2. The molecule has 6 heteroatoms. The molecule has 23 heavy (non-hydrogen) atoms. The average molecular weight is 337 g/mol. The van der Waals surface area contributed by atoms with Gasteiger partial charge in [0.15, 0.2) is 0 Å². The molecule has 1 heterocycles. The first-order chi connectivity index (χ1) is 10.8. The van der Waals surface area contributed by atoms with Crippen molar-refractivity contribution in [1.29, 1.82) is 0 Å². The Morgan fingerprint density at radius 3 is 2.65 bits per heavy atom. The van der Waals surface area contributed by atoms with Crippen molar-refractivity contribution in [3.05, 3.63) is 27.7 Å². The van der Waals surface area contributed by atoms with E-state index in [1.165, 1.54) is 16.9 Å². The number of allylic oxidation sites excluding steroid dienone is 2. The maximum absolute atomic E-state index is 12.3. The van der Waals surface area contributed by atoms with Crippen LogP contribution in [-0.2, 0) is 20.9 Å². The second-order valence-electron chi connectivity index (χ2n) is 6.54. The second-order valence-corrected chi connectivity index (χ2v) is 7.40. The van der Waals surface area contributed by atoms with E-state index in [1.807, 2.05) is 13.8 Å². The molecule has 1 fully saturated rings. The van der Waals surface area contributed by atoms with Gasteiger partial charge in [0.05, 0.1) is 18.2 Å². The number of esters is 2. The van der Waals surface area contributed by atoms with Gasteiger partial charge in [-0.15, -0.1) is 11.3 Å². The standard InChI is InChI=1S/C17H23NO4S/c1-6-21-16(20)14-18-11(9-23-14)8-22-15(19)13-12(7-10(2)3)17(13,4)5/h7,9,12-13H,6,8H2,1-5H3. The van der Waals surface area contributed by atoms with Crippen LogP contribution in [0.15, 0.2) is 17.0 Å². The molecule has 2 unspecified atom stereocenters. The first-order valence-corrected chi connectivity index (χ1v) is 8.58. The van der Waals surface area contributed by atoms with Gasteiger partial charge < -0.3 is 9.47 Å². The van der Waals surface area contributed by atoms with Crippen LogP contribution in [0.25, 0.3) is 0 Å². The Balaban J connectivity index is 1.91. The summed E-state index contributed by atoms with van der Waals surface area (Å²) in [6, 6.07) is 0. The summed E-state index contributed by atoms with van der Waals surface area (Å²) < 4.78 is 10.3. The third-order valence-corrected chi connectivity index (χ3v) is 4.91. The number of nitrogens with zero attached hydrogens (tertiary/aromatic N) is 1. The molecule has 2 atom stereocenters. The summed E-state index contributed by atoms with van der Waals surface area (Å²) >= 11 is 1.20. The molecule has 0 spiro atoms. The minimum atomic E-state index is -0.443. The van der Waals surface area contributed by atoms with Gasteiger partial charge in [0.1, 0.15) is 6.61 Å². The number of carbonyl (C=O) groups is 2. The number of thiazole rings is 1. The average Bonchev–Trinajstić information content (AvgIpc) is 2.85. The highest BCUT2D eigenvalue weighted by molar-refractivity contribution is 7.11. The first kappa shape index (κ1) is 17.7. The van der Waals surface area contributed by atoms with E-state index in [-0.39, 0.29) is 34.8 Å². The summed E-state index contributed by atoms with van der Waals surface area (Å²) in [6.07, 6.45) is 2.13. The molecular weight excluding hydrogens is 314 g/mol. The summed E-state index contributed by atoms with van der Waals surface area (Å²) in [5.41, 5.74) is 1.72. The predicted molar refractivity (Wildman–Crippen MR) is 88.1 cm³/mol. The SMILES string of the molecule is CCOC(=O)c1nc(COC(=O)C2C(C=C(C)C)C2(C)C)cs1. The minimum absolute atomic E-state index is 0.0630. The molecule has 0 bridgehead atoms. The summed E-state index contributed by atoms with van der Waals surface area (Å²) in [4.78, 5) is 28.0. The van der Waals surface area contributed by atoms with Crippen molar-refractivity contribution >= 4 is 23.3 Å². The lowest BCUT2D eigenvalue weighted by atomic mass is 10.1. The van der Waals surface area contributed by atoms with Crippen molar-refractivity contribution < 1.29 is 19.1 Å². The molecule has 1 aliphatic carbocycles. The van der Waals surface area contributed by atoms with Gasteiger partial charge in [0.25, 0.3) is 0 Å². The Bertz CT molecular complexity index is 628. The lowest BCUT2D eigenvalue weighted by Gasteiger charge is -2.03. The van der Waals surface area contributed by atoms with E-state index in [1.54, 1.807) is 12.3 Å². The number of carbonyl (C=O) groups excluding carboxylic acids is 2. The highest BCUT2D eigenvalue weighted by atomic mass is 32.1. The van der Waals surface area contributed by atoms with Crippen molar-refractivity contribution in [2.45, 2.75) is 41.2 Å². The minimum Gasteiger partial charge on any atom is -0.461 e. The smallest absolute Gasteiger partial charge is 0.367 e. The zero-order chi connectivity index (χ0) is 17.2. The summed E-state index contributed by atoms with van der Waals surface area (Å²) in [6.45, 7) is 10.4. The monoisotopic (exact) mass is 337 g/mol. The quantitative estimate of drug-likeness (QED) is 0.586. The van der Waals surface area contributed by atoms with Crippen LogP contribution >= 0.6 is 11.3 Å². The van der Waals surface area contributed by atoms with E-state index in [4.69, 9.17) is 9.47 Å². The van der Waals surface area contributed by atoms with Crippen molar-refractivity contribution in [1.82, 2.24) is 4.98 Å². The fraction of sp³-hybridized carbons (Fsp3) is 0.588. The van der Waals surface area contributed by atoms with Crippen LogP contribution in [0.3, 0.4) is 0 Å². The summed E-state index contributed by atoms with van der Waals surface area (Å²) in [5.74, 6) is -0.531. The molecule has 5 nitrogen and oxygen atoms in total. The number of hydrogen-bond donors (Lipinski definition) is 0. The molecule has 0 amide bonds. The number of ether oxygens (including phenoxy) is 2. The van der Waals surface area contributed by atoms with Crippen LogP contribution in [0.2, 0.25) is 0 Å². The molecular formula is C17H23NO4S. The molecule has 1 aliphatic rings. The molecule has 0 aliphatic heterocycles. The van der Waals surface area contributed by atoms with Crippen molar-refractivity contribution in [2.75, 3.05) is 6.61 Å². The fourth-order valence-corrected chi connectivity index (χ4v) is 3.39. The maximum atomic E-state index is 12.3. The molecule has 1 aromatic rings. The second kappa shape index (κ2) is 6.83. The van der Waals surface area contributed by atoms with Crippen LogP contribution in [0, 0.1) is 17.3 Å². The van der Waals surface area contributed by atoms with Gasteiger partial charge in [0, 0.05) is 5.38 Å². The van der Waals surface area contributed by atoms with E-state index >= 15 is 0 Å². The molecule has 0 aromatic carbocycles. The maximum Gasteiger partial charge on any atom is 0.367 e. The van der Waals surface area contributed by atoms with Crippen molar-refractivity contribution in [3.8, 4) is 0 Å². The first-order valence-electron chi connectivity index (χ1n) is 7.70. The zero-order valence-corrected chi connectivity index (χ0v) is 15.0. The lowest BCUT2D eigenvalue weighted by molar-refractivity contribution is -0.147. The van der Waals surface area contributed by atoms with Crippen LogP contribution in [-0.4, -0.2) is 23.5 Å². The van der Waals surface area contributed by atoms with E-state index < -0.39 is 5.97 Å². The van der Waals surface area contributed by atoms with Crippen molar-refractivity contribution in [3.63, 3.8) is 0 Å². The van der Waals surface area contributed by atoms with Gasteiger partial charge in [-0.25, -0.2) is 9.78 Å². The van der Waals surface area contributed by atoms with Crippen LogP contribution in [0.4, 0.5) is 0 Å².